The van der Waals surface area contributed by atoms with Crippen LogP contribution >= 0.6 is 27.5 Å². The lowest BCUT2D eigenvalue weighted by atomic mass is 10.3. The van der Waals surface area contributed by atoms with Crippen molar-refractivity contribution in [3.05, 3.63) is 58.6 Å². The van der Waals surface area contributed by atoms with Crippen LogP contribution in [0.4, 0.5) is 5.13 Å². The Kier molecular flexibility index (Phi) is 4.35. The molecule has 0 spiro atoms. The number of anilines is 1. The molecule has 130 valence electrons. The lowest BCUT2D eigenvalue weighted by Crippen LogP contribution is -2.10. The van der Waals surface area contributed by atoms with Crippen LogP contribution in [0.2, 0.25) is 0 Å². The highest BCUT2D eigenvalue weighted by atomic mass is 79.9. The van der Waals surface area contributed by atoms with Gasteiger partial charge < -0.3 is 4.42 Å². The maximum atomic E-state index is 12.0. The number of aromatic nitrogens is 5. The van der Waals surface area contributed by atoms with Crippen LogP contribution in [0.3, 0.4) is 0 Å². The summed E-state index contributed by atoms with van der Waals surface area (Å²) in [7, 11) is 0. The summed E-state index contributed by atoms with van der Waals surface area (Å²) in [5.74, 6) is 0.234. The molecule has 1 amide bonds. The quantitative estimate of drug-likeness (QED) is 0.529. The van der Waals surface area contributed by atoms with Gasteiger partial charge in [-0.3, -0.25) is 10.1 Å². The normalized spacial score (nSPS) is 10.8. The molecule has 0 bridgehead atoms. The maximum absolute atomic E-state index is 12.0. The maximum Gasteiger partial charge on any atom is 0.293 e. The fraction of sp³-hybridized carbons (Fsp3) is 0.0625. The van der Waals surface area contributed by atoms with Crippen LogP contribution < -0.4 is 5.32 Å². The molecule has 0 aliphatic heterocycles. The van der Waals surface area contributed by atoms with Gasteiger partial charge in [0.2, 0.25) is 5.13 Å². The Labute approximate surface area is 160 Å². The van der Waals surface area contributed by atoms with Gasteiger partial charge in [-0.1, -0.05) is 21.1 Å². The Hall–Kier alpha value is -2.85. The van der Waals surface area contributed by atoms with Gasteiger partial charge in [0.05, 0.1) is 17.6 Å². The van der Waals surface area contributed by atoms with E-state index in [-0.39, 0.29) is 11.7 Å². The van der Waals surface area contributed by atoms with Gasteiger partial charge in [0.25, 0.3) is 5.91 Å². The predicted molar refractivity (Wildman–Crippen MR) is 99.4 cm³/mol. The lowest BCUT2D eigenvalue weighted by molar-refractivity contribution is 0.0996. The van der Waals surface area contributed by atoms with Crippen LogP contribution in [-0.2, 0) is 0 Å². The van der Waals surface area contributed by atoms with E-state index in [0.29, 0.717) is 16.6 Å². The largest absolute Gasteiger partial charge is 0.459 e. The smallest absolute Gasteiger partial charge is 0.293 e. The minimum absolute atomic E-state index is 0.208. The zero-order valence-corrected chi connectivity index (χ0v) is 15.8. The Balaban J connectivity index is 1.58. The number of halogens is 1. The van der Waals surface area contributed by atoms with Crippen molar-refractivity contribution in [2.24, 2.45) is 0 Å². The van der Waals surface area contributed by atoms with Crippen LogP contribution in [0.1, 0.15) is 16.2 Å². The van der Waals surface area contributed by atoms with Gasteiger partial charge in [0, 0.05) is 16.0 Å². The molecule has 26 heavy (non-hydrogen) atoms. The van der Waals surface area contributed by atoms with E-state index >= 15 is 0 Å². The molecule has 10 heteroatoms. The second kappa shape index (κ2) is 6.81. The van der Waals surface area contributed by atoms with Crippen molar-refractivity contribution in [2.75, 3.05) is 5.32 Å². The topological polar surface area (TPSA) is 98.7 Å². The van der Waals surface area contributed by atoms with Crippen molar-refractivity contribution < 1.29 is 9.21 Å². The molecule has 8 nitrogen and oxygen atoms in total. The Morgan fingerprint density at radius 1 is 1.27 bits per heavy atom. The van der Waals surface area contributed by atoms with E-state index in [0.717, 1.165) is 27.4 Å². The van der Waals surface area contributed by atoms with Crippen LogP contribution in [0.5, 0.6) is 0 Å². The van der Waals surface area contributed by atoms with Crippen molar-refractivity contribution in [2.45, 2.75) is 6.92 Å². The first-order valence-corrected chi connectivity index (χ1v) is 9.05. The lowest BCUT2D eigenvalue weighted by Gasteiger charge is -2.02. The van der Waals surface area contributed by atoms with Crippen molar-refractivity contribution >= 4 is 38.5 Å². The molecule has 3 aromatic heterocycles. The third-order valence-electron chi connectivity index (χ3n) is 3.57. The zero-order valence-electron chi connectivity index (χ0n) is 13.4. The van der Waals surface area contributed by atoms with Crippen LogP contribution in [0.25, 0.3) is 17.2 Å². The highest BCUT2D eigenvalue weighted by Crippen LogP contribution is 2.24. The first-order valence-electron chi connectivity index (χ1n) is 7.49. The number of amides is 1. The van der Waals surface area contributed by atoms with E-state index < -0.39 is 0 Å². The average molecular weight is 431 g/mol. The molecule has 1 aromatic carbocycles. The van der Waals surface area contributed by atoms with Gasteiger partial charge >= 0.3 is 0 Å². The number of benzene rings is 1. The van der Waals surface area contributed by atoms with E-state index in [1.165, 1.54) is 6.26 Å². The van der Waals surface area contributed by atoms with E-state index in [4.69, 9.17) is 4.42 Å². The fourth-order valence-electron chi connectivity index (χ4n) is 2.30. The minimum Gasteiger partial charge on any atom is -0.459 e. The molecule has 0 atom stereocenters. The van der Waals surface area contributed by atoms with Crippen LogP contribution in [-0.4, -0.2) is 30.3 Å². The molecule has 4 rings (SSSR count). The van der Waals surface area contributed by atoms with Gasteiger partial charge in [0.1, 0.15) is 0 Å². The molecule has 0 saturated carbocycles. The summed E-state index contributed by atoms with van der Waals surface area (Å²) in [5.41, 5.74) is 2.24. The highest BCUT2D eigenvalue weighted by Gasteiger charge is 2.18. The molecule has 4 aromatic rings. The van der Waals surface area contributed by atoms with Crippen molar-refractivity contribution in [1.29, 1.82) is 0 Å². The Morgan fingerprint density at radius 3 is 2.81 bits per heavy atom. The van der Waals surface area contributed by atoms with Crippen molar-refractivity contribution in [3.63, 3.8) is 0 Å². The summed E-state index contributed by atoms with van der Waals surface area (Å²) in [5, 5.41) is 11.4. The number of rotatable bonds is 4. The van der Waals surface area contributed by atoms with Crippen molar-refractivity contribution in [3.8, 4) is 17.2 Å². The molecule has 0 saturated heterocycles. The summed E-state index contributed by atoms with van der Waals surface area (Å²) in [4.78, 5) is 16.3. The molecule has 0 radical (unpaired) electrons. The number of carbonyl (C=O) groups excluding carboxylic acids is 1. The monoisotopic (exact) mass is 430 g/mol. The zero-order chi connectivity index (χ0) is 18.1. The minimum atomic E-state index is -0.382. The third-order valence-corrected chi connectivity index (χ3v) is 4.73. The second-order valence-corrected chi connectivity index (χ2v) is 6.93. The van der Waals surface area contributed by atoms with Crippen LogP contribution in [0, 0.1) is 6.92 Å². The Morgan fingerprint density at radius 2 is 2.08 bits per heavy atom. The fourth-order valence-corrected chi connectivity index (χ4v) is 3.13. The van der Waals surface area contributed by atoms with E-state index in [2.05, 4.69) is 40.9 Å². The van der Waals surface area contributed by atoms with Gasteiger partial charge in [-0.05, 0) is 43.3 Å². The SMILES string of the molecule is Cc1c(-c2nsc(NC(=O)c3ccco3)n2)nnn1-c1ccc(Br)cc1. The van der Waals surface area contributed by atoms with Crippen molar-refractivity contribution in [1.82, 2.24) is 24.4 Å². The standard InChI is InChI=1S/C16H11BrN6O2S/c1-9-13(20-22-23(9)11-6-4-10(17)5-7-11)14-18-16(26-21-14)19-15(24)12-3-2-8-25-12/h2-8H,1H3,(H,18,19,21,24). The van der Waals surface area contributed by atoms with E-state index in [1.807, 2.05) is 31.2 Å². The first kappa shape index (κ1) is 16.6. The Bertz CT molecular complexity index is 1060. The molecule has 3 heterocycles. The van der Waals surface area contributed by atoms with E-state index in [1.54, 1.807) is 16.8 Å². The number of nitrogens with zero attached hydrogens (tertiary/aromatic N) is 5. The van der Waals surface area contributed by atoms with E-state index in [9.17, 15) is 4.79 Å². The van der Waals surface area contributed by atoms with Gasteiger partial charge in [-0.15, -0.1) is 5.10 Å². The molecule has 0 aliphatic rings. The molecular formula is C16H11BrN6O2S. The highest BCUT2D eigenvalue weighted by molar-refractivity contribution is 9.10. The number of hydrogen-bond acceptors (Lipinski definition) is 7. The van der Waals surface area contributed by atoms with Gasteiger partial charge in [-0.2, -0.15) is 9.36 Å². The number of hydrogen-bond donors (Lipinski definition) is 1. The molecular weight excluding hydrogens is 420 g/mol. The van der Waals surface area contributed by atoms with Gasteiger partial charge in [0.15, 0.2) is 17.3 Å². The molecule has 0 aliphatic carbocycles. The third kappa shape index (κ3) is 3.16. The summed E-state index contributed by atoms with van der Waals surface area (Å²) in [6.07, 6.45) is 1.43. The number of furan rings is 1. The van der Waals surface area contributed by atoms with Crippen LogP contribution in [0.15, 0.2) is 51.6 Å². The molecule has 1 N–H and O–H groups in total. The summed E-state index contributed by atoms with van der Waals surface area (Å²) >= 11 is 4.48. The number of carbonyl (C=O) groups is 1. The average Bonchev–Trinajstić information content (AvgIpc) is 3.36. The van der Waals surface area contributed by atoms with Gasteiger partial charge in [-0.25, -0.2) is 4.68 Å². The molecule has 0 fully saturated rings. The predicted octanol–water partition coefficient (Wildman–Crippen LogP) is 3.70. The molecule has 0 unspecified atom stereocenters. The second-order valence-electron chi connectivity index (χ2n) is 5.27. The first-order chi connectivity index (χ1) is 12.6. The summed E-state index contributed by atoms with van der Waals surface area (Å²) < 4.78 is 12.0. The summed E-state index contributed by atoms with van der Waals surface area (Å²) in [6, 6.07) is 10.9. The number of nitrogens with one attached hydrogen (secondary N) is 1. The summed E-state index contributed by atoms with van der Waals surface area (Å²) in [6.45, 7) is 1.89.